The van der Waals surface area contributed by atoms with E-state index in [1.165, 1.54) is 35.6 Å². The van der Waals surface area contributed by atoms with Crippen LogP contribution in [-0.2, 0) is 21.2 Å². The second kappa shape index (κ2) is 10.6. The fourth-order valence-corrected chi connectivity index (χ4v) is 4.70. The number of ether oxygens (including phenoxy) is 1. The highest BCUT2D eigenvalue weighted by atomic mass is 35.5. The minimum atomic E-state index is -3.73. The van der Waals surface area contributed by atoms with E-state index >= 15 is 0 Å². The summed E-state index contributed by atoms with van der Waals surface area (Å²) in [6.45, 7) is 0. The number of carbonyl (C=O) groups is 1. The summed E-state index contributed by atoms with van der Waals surface area (Å²) in [5.74, 6) is 0.989. The SMILES string of the molecule is CN(c1ccc(CC(=O)Nc2ccccc2Oc2ccccc2)cc1)S(=O)(=O)c1ccc(Cl)cc1. The molecule has 0 aromatic heterocycles. The third-order valence-electron chi connectivity index (χ3n) is 5.27. The number of hydrogen-bond acceptors (Lipinski definition) is 4. The Hall–Kier alpha value is -3.81. The number of amides is 1. The molecule has 0 radical (unpaired) electrons. The molecule has 0 bridgehead atoms. The normalized spacial score (nSPS) is 11.0. The summed E-state index contributed by atoms with van der Waals surface area (Å²) in [6, 6.07) is 29.3. The summed E-state index contributed by atoms with van der Waals surface area (Å²) in [7, 11) is -2.25. The molecular formula is C27H23ClN2O4S. The van der Waals surface area contributed by atoms with Crippen molar-refractivity contribution in [3.63, 3.8) is 0 Å². The first-order valence-electron chi connectivity index (χ1n) is 10.8. The molecule has 0 unspecified atom stereocenters. The van der Waals surface area contributed by atoms with Gasteiger partial charge in [-0.05, 0) is 66.2 Å². The second-order valence-corrected chi connectivity index (χ2v) is 10.1. The zero-order valence-corrected chi connectivity index (χ0v) is 20.5. The maximum Gasteiger partial charge on any atom is 0.264 e. The van der Waals surface area contributed by atoms with E-state index in [2.05, 4.69) is 5.32 Å². The van der Waals surface area contributed by atoms with Gasteiger partial charge in [0, 0.05) is 12.1 Å². The molecule has 4 aromatic carbocycles. The number of rotatable bonds is 8. The minimum absolute atomic E-state index is 0.119. The molecule has 0 saturated heterocycles. The Morgan fingerprint density at radius 1 is 0.857 bits per heavy atom. The molecule has 0 fully saturated rings. The van der Waals surface area contributed by atoms with Crippen molar-refractivity contribution in [2.45, 2.75) is 11.3 Å². The molecule has 0 aliphatic carbocycles. The van der Waals surface area contributed by atoms with Gasteiger partial charge in [-0.1, -0.05) is 54.1 Å². The van der Waals surface area contributed by atoms with Crippen LogP contribution in [0.5, 0.6) is 11.5 Å². The molecule has 0 saturated carbocycles. The molecule has 35 heavy (non-hydrogen) atoms. The molecule has 0 aliphatic heterocycles. The van der Waals surface area contributed by atoms with E-state index in [1.54, 1.807) is 36.4 Å². The number of hydrogen-bond donors (Lipinski definition) is 1. The summed E-state index contributed by atoms with van der Waals surface area (Å²) in [6.07, 6.45) is 0.119. The summed E-state index contributed by atoms with van der Waals surface area (Å²) < 4.78 is 32.8. The summed E-state index contributed by atoms with van der Waals surface area (Å²) in [5, 5.41) is 3.35. The lowest BCUT2D eigenvalue weighted by Gasteiger charge is -2.20. The van der Waals surface area contributed by atoms with E-state index in [-0.39, 0.29) is 17.2 Å². The molecule has 0 aliphatic rings. The summed E-state index contributed by atoms with van der Waals surface area (Å²) in [4.78, 5) is 12.8. The number of carbonyl (C=O) groups excluding carboxylic acids is 1. The smallest absolute Gasteiger partial charge is 0.264 e. The molecule has 4 rings (SSSR count). The van der Waals surface area contributed by atoms with Crippen molar-refractivity contribution in [2.24, 2.45) is 0 Å². The largest absolute Gasteiger partial charge is 0.455 e. The molecule has 0 atom stereocenters. The van der Waals surface area contributed by atoms with E-state index in [0.717, 1.165) is 5.56 Å². The van der Waals surface area contributed by atoms with Gasteiger partial charge in [0.05, 0.1) is 22.7 Å². The lowest BCUT2D eigenvalue weighted by atomic mass is 10.1. The van der Waals surface area contributed by atoms with Crippen LogP contribution in [0.15, 0.2) is 108 Å². The zero-order chi connectivity index (χ0) is 24.8. The number of benzene rings is 4. The maximum atomic E-state index is 12.9. The Bertz CT molecular complexity index is 1410. The molecular weight excluding hydrogens is 484 g/mol. The van der Waals surface area contributed by atoms with Crippen molar-refractivity contribution in [3.05, 3.63) is 114 Å². The fraction of sp³-hybridized carbons (Fsp3) is 0.0741. The highest BCUT2D eigenvalue weighted by Gasteiger charge is 2.21. The molecule has 8 heteroatoms. The molecule has 1 amide bonds. The number of anilines is 2. The molecule has 1 N–H and O–H groups in total. The van der Waals surface area contributed by atoms with Crippen LogP contribution in [0.4, 0.5) is 11.4 Å². The molecule has 6 nitrogen and oxygen atoms in total. The van der Waals surface area contributed by atoms with Crippen LogP contribution in [-0.4, -0.2) is 21.4 Å². The van der Waals surface area contributed by atoms with E-state index in [0.29, 0.717) is 27.9 Å². The Kier molecular flexibility index (Phi) is 7.39. The van der Waals surface area contributed by atoms with Gasteiger partial charge in [0.15, 0.2) is 5.75 Å². The first-order valence-corrected chi connectivity index (χ1v) is 12.6. The van der Waals surface area contributed by atoms with Crippen molar-refractivity contribution >= 4 is 38.9 Å². The molecule has 0 spiro atoms. The monoisotopic (exact) mass is 506 g/mol. The molecule has 4 aromatic rings. The highest BCUT2D eigenvalue weighted by Crippen LogP contribution is 2.29. The molecule has 178 valence electrons. The first-order chi connectivity index (χ1) is 16.8. The van der Waals surface area contributed by atoms with Gasteiger partial charge in [-0.2, -0.15) is 0 Å². The van der Waals surface area contributed by atoms with Gasteiger partial charge < -0.3 is 10.1 Å². The van der Waals surface area contributed by atoms with Gasteiger partial charge in [0.1, 0.15) is 5.75 Å². The quantitative estimate of drug-likeness (QED) is 0.311. The summed E-state index contributed by atoms with van der Waals surface area (Å²) >= 11 is 5.87. The van der Waals surface area contributed by atoms with Crippen LogP contribution >= 0.6 is 11.6 Å². The van der Waals surface area contributed by atoms with Crippen molar-refractivity contribution in [3.8, 4) is 11.5 Å². The van der Waals surface area contributed by atoms with Gasteiger partial charge >= 0.3 is 0 Å². The number of halogens is 1. The average Bonchev–Trinajstić information content (AvgIpc) is 2.86. The van der Waals surface area contributed by atoms with Gasteiger partial charge in [-0.25, -0.2) is 8.42 Å². The highest BCUT2D eigenvalue weighted by molar-refractivity contribution is 7.92. The van der Waals surface area contributed by atoms with Gasteiger partial charge in [-0.3, -0.25) is 9.10 Å². The predicted octanol–water partition coefficient (Wildman–Crippen LogP) is 6.14. The second-order valence-electron chi connectivity index (χ2n) is 7.73. The van der Waals surface area contributed by atoms with Crippen LogP contribution in [0.1, 0.15) is 5.56 Å². The van der Waals surface area contributed by atoms with Gasteiger partial charge in [0.25, 0.3) is 10.0 Å². The van der Waals surface area contributed by atoms with E-state index in [1.807, 2.05) is 42.5 Å². The number of nitrogens with zero attached hydrogens (tertiary/aromatic N) is 1. The van der Waals surface area contributed by atoms with E-state index in [9.17, 15) is 13.2 Å². The van der Waals surface area contributed by atoms with Crippen molar-refractivity contribution in [2.75, 3.05) is 16.7 Å². The standard InChI is InChI=1S/C27H23ClN2O4S/c1-30(35(32,33)24-17-13-21(28)14-18-24)22-15-11-20(12-16-22)19-27(31)29-25-9-5-6-10-26(25)34-23-7-3-2-4-8-23/h2-18H,19H2,1H3,(H,29,31). The number of nitrogens with one attached hydrogen (secondary N) is 1. The van der Waals surface area contributed by atoms with Crippen LogP contribution in [0.25, 0.3) is 0 Å². The third-order valence-corrected chi connectivity index (χ3v) is 7.32. The minimum Gasteiger partial charge on any atom is -0.455 e. The zero-order valence-electron chi connectivity index (χ0n) is 18.9. The van der Waals surface area contributed by atoms with Crippen LogP contribution in [0.2, 0.25) is 5.02 Å². The Balaban J connectivity index is 1.42. The maximum absolute atomic E-state index is 12.9. The van der Waals surface area contributed by atoms with E-state index < -0.39 is 10.0 Å². The van der Waals surface area contributed by atoms with Crippen LogP contribution < -0.4 is 14.4 Å². The topological polar surface area (TPSA) is 75.7 Å². The lowest BCUT2D eigenvalue weighted by molar-refractivity contribution is -0.115. The Morgan fingerprint density at radius 2 is 1.49 bits per heavy atom. The van der Waals surface area contributed by atoms with Crippen molar-refractivity contribution in [1.82, 2.24) is 0 Å². The Morgan fingerprint density at radius 3 is 2.17 bits per heavy atom. The van der Waals surface area contributed by atoms with Gasteiger partial charge in [-0.15, -0.1) is 0 Å². The van der Waals surface area contributed by atoms with E-state index in [4.69, 9.17) is 16.3 Å². The average molecular weight is 507 g/mol. The summed E-state index contributed by atoms with van der Waals surface area (Å²) in [5.41, 5.74) is 1.78. The lowest BCUT2D eigenvalue weighted by Crippen LogP contribution is -2.26. The van der Waals surface area contributed by atoms with Crippen molar-refractivity contribution in [1.29, 1.82) is 0 Å². The molecule has 0 heterocycles. The van der Waals surface area contributed by atoms with Crippen molar-refractivity contribution < 1.29 is 17.9 Å². The number of para-hydroxylation sites is 3. The third kappa shape index (κ3) is 6.01. The van der Waals surface area contributed by atoms with Crippen LogP contribution in [0, 0.1) is 0 Å². The van der Waals surface area contributed by atoms with Gasteiger partial charge in [0.2, 0.25) is 5.91 Å². The first kappa shape index (κ1) is 24.3. The fourth-order valence-electron chi connectivity index (χ4n) is 3.38. The van der Waals surface area contributed by atoms with Crippen LogP contribution in [0.3, 0.4) is 0 Å². The Labute approximate surface area is 209 Å². The predicted molar refractivity (Wildman–Crippen MR) is 139 cm³/mol. The number of sulfonamides is 1.